The summed E-state index contributed by atoms with van der Waals surface area (Å²) in [6, 6.07) is 17.6. The minimum atomic E-state index is -0.482. The van der Waals surface area contributed by atoms with Gasteiger partial charge in [0.1, 0.15) is 11.4 Å². The van der Waals surface area contributed by atoms with Gasteiger partial charge in [0.25, 0.3) is 5.91 Å². The summed E-state index contributed by atoms with van der Waals surface area (Å²) in [5.74, 6) is -0.410. The Morgan fingerprint density at radius 1 is 1.10 bits per heavy atom. The Hall–Kier alpha value is -3.35. The standard InChI is InChI=1S/C21H14Cl2N4O2/c22-13-6-7-15(17(23)9-13)18-10-19(26-25-18)21(29)27-24-11-16-14-4-2-1-3-12(14)5-8-20(16)28/h1-11,28H,(H,25,26)(H,27,29)/b24-11+. The highest BCUT2D eigenvalue weighted by Crippen LogP contribution is 2.29. The molecule has 3 N–H and O–H groups in total. The van der Waals surface area contributed by atoms with E-state index < -0.39 is 5.91 Å². The van der Waals surface area contributed by atoms with Crippen LogP contribution in [0, 0.1) is 0 Å². The molecule has 8 heteroatoms. The first-order valence-corrected chi connectivity index (χ1v) is 9.33. The number of aromatic hydroxyl groups is 1. The normalized spacial score (nSPS) is 11.2. The minimum absolute atomic E-state index is 0.0721. The largest absolute Gasteiger partial charge is 0.507 e. The van der Waals surface area contributed by atoms with Gasteiger partial charge in [0.2, 0.25) is 0 Å². The van der Waals surface area contributed by atoms with Gasteiger partial charge in [-0.05, 0) is 41.1 Å². The van der Waals surface area contributed by atoms with Gasteiger partial charge in [-0.25, -0.2) is 5.43 Å². The number of nitrogens with zero attached hydrogens (tertiary/aromatic N) is 2. The van der Waals surface area contributed by atoms with Crippen LogP contribution in [0.25, 0.3) is 22.0 Å². The highest BCUT2D eigenvalue weighted by atomic mass is 35.5. The Balaban J connectivity index is 1.53. The lowest BCUT2D eigenvalue weighted by atomic mass is 10.0. The Labute approximate surface area is 175 Å². The van der Waals surface area contributed by atoms with Crippen LogP contribution in [-0.4, -0.2) is 27.4 Å². The van der Waals surface area contributed by atoms with Crippen LogP contribution in [0.1, 0.15) is 16.1 Å². The van der Waals surface area contributed by atoms with Crippen LogP contribution in [-0.2, 0) is 0 Å². The molecular weight excluding hydrogens is 411 g/mol. The third-order valence-electron chi connectivity index (χ3n) is 4.34. The first-order chi connectivity index (χ1) is 14.0. The van der Waals surface area contributed by atoms with Crippen LogP contribution >= 0.6 is 23.2 Å². The number of rotatable bonds is 4. The smallest absolute Gasteiger partial charge is 0.289 e. The monoisotopic (exact) mass is 424 g/mol. The van der Waals surface area contributed by atoms with E-state index in [9.17, 15) is 9.90 Å². The maximum atomic E-state index is 12.4. The maximum Gasteiger partial charge on any atom is 0.289 e. The Kier molecular flexibility index (Phi) is 5.20. The topological polar surface area (TPSA) is 90.4 Å². The van der Waals surface area contributed by atoms with Crippen molar-refractivity contribution >= 4 is 46.1 Å². The second-order valence-electron chi connectivity index (χ2n) is 6.21. The van der Waals surface area contributed by atoms with Crippen molar-refractivity contribution in [3.8, 4) is 17.0 Å². The highest BCUT2D eigenvalue weighted by Gasteiger charge is 2.13. The number of fused-ring (bicyclic) bond motifs is 1. The van der Waals surface area contributed by atoms with Crippen molar-refractivity contribution in [1.82, 2.24) is 15.6 Å². The number of hydrazone groups is 1. The summed E-state index contributed by atoms with van der Waals surface area (Å²) in [6.45, 7) is 0. The van der Waals surface area contributed by atoms with Crippen molar-refractivity contribution in [2.45, 2.75) is 0 Å². The van der Waals surface area contributed by atoms with Crippen molar-refractivity contribution in [3.63, 3.8) is 0 Å². The SMILES string of the molecule is O=C(N/N=C/c1c(O)ccc2ccccc12)c1cc(-c2ccc(Cl)cc2Cl)n[nH]1. The van der Waals surface area contributed by atoms with Gasteiger partial charge in [0.15, 0.2) is 0 Å². The number of aromatic nitrogens is 2. The number of aromatic amines is 1. The van der Waals surface area contributed by atoms with Gasteiger partial charge in [-0.2, -0.15) is 10.2 Å². The molecule has 0 atom stereocenters. The molecule has 0 spiro atoms. The number of carbonyl (C=O) groups is 1. The second-order valence-corrected chi connectivity index (χ2v) is 7.05. The lowest BCUT2D eigenvalue weighted by Gasteiger charge is -2.04. The summed E-state index contributed by atoms with van der Waals surface area (Å²) >= 11 is 12.1. The molecule has 0 fully saturated rings. The first-order valence-electron chi connectivity index (χ1n) is 8.58. The predicted octanol–water partition coefficient (Wildman–Crippen LogP) is 5.01. The summed E-state index contributed by atoms with van der Waals surface area (Å²) in [6.07, 6.45) is 1.41. The molecule has 0 aliphatic carbocycles. The van der Waals surface area contributed by atoms with Gasteiger partial charge < -0.3 is 5.11 Å². The molecule has 6 nitrogen and oxygen atoms in total. The summed E-state index contributed by atoms with van der Waals surface area (Å²) in [7, 11) is 0. The molecule has 1 aromatic heterocycles. The van der Waals surface area contributed by atoms with E-state index in [1.54, 1.807) is 30.3 Å². The van der Waals surface area contributed by atoms with Gasteiger partial charge in [0.05, 0.1) is 16.9 Å². The summed E-state index contributed by atoms with van der Waals surface area (Å²) < 4.78 is 0. The molecule has 3 aromatic carbocycles. The summed E-state index contributed by atoms with van der Waals surface area (Å²) in [5, 5.41) is 23.6. The second kappa shape index (κ2) is 7.95. The van der Waals surface area contributed by atoms with E-state index in [0.29, 0.717) is 26.9 Å². The maximum absolute atomic E-state index is 12.4. The average Bonchev–Trinajstić information content (AvgIpc) is 3.19. The predicted molar refractivity (Wildman–Crippen MR) is 115 cm³/mol. The van der Waals surface area contributed by atoms with E-state index in [0.717, 1.165) is 10.8 Å². The van der Waals surface area contributed by atoms with E-state index in [-0.39, 0.29) is 11.4 Å². The quantitative estimate of drug-likeness (QED) is 0.317. The average molecular weight is 425 g/mol. The van der Waals surface area contributed by atoms with Crippen molar-refractivity contribution < 1.29 is 9.90 Å². The zero-order chi connectivity index (χ0) is 20.4. The Morgan fingerprint density at radius 3 is 2.76 bits per heavy atom. The molecule has 1 heterocycles. The molecule has 0 aliphatic rings. The molecule has 0 saturated carbocycles. The van der Waals surface area contributed by atoms with Crippen molar-refractivity contribution in [3.05, 3.63) is 82.0 Å². The molecule has 4 rings (SSSR count). The molecule has 1 amide bonds. The lowest BCUT2D eigenvalue weighted by molar-refractivity contribution is 0.0950. The van der Waals surface area contributed by atoms with Crippen molar-refractivity contribution in [1.29, 1.82) is 0 Å². The lowest BCUT2D eigenvalue weighted by Crippen LogP contribution is -2.18. The number of amides is 1. The number of H-pyrrole nitrogens is 1. The molecule has 0 bridgehead atoms. The number of halogens is 2. The number of carbonyl (C=O) groups excluding carboxylic acids is 1. The van der Waals surface area contributed by atoms with Crippen LogP contribution in [0.2, 0.25) is 10.0 Å². The van der Waals surface area contributed by atoms with Gasteiger partial charge in [-0.3, -0.25) is 9.89 Å². The van der Waals surface area contributed by atoms with Gasteiger partial charge in [0, 0.05) is 16.1 Å². The number of hydrogen-bond donors (Lipinski definition) is 3. The number of hydrogen-bond acceptors (Lipinski definition) is 4. The highest BCUT2D eigenvalue weighted by molar-refractivity contribution is 6.36. The molecule has 4 aromatic rings. The summed E-state index contributed by atoms with van der Waals surface area (Å²) in [4.78, 5) is 12.4. The van der Waals surface area contributed by atoms with E-state index in [1.807, 2.05) is 30.3 Å². The molecule has 0 unspecified atom stereocenters. The Morgan fingerprint density at radius 2 is 1.93 bits per heavy atom. The molecule has 0 saturated heterocycles. The van der Waals surface area contributed by atoms with Crippen LogP contribution < -0.4 is 5.43 Å². The third kappa shape index (κ3) is 3.94. The molecule has 29 heavy (non-hydrogen) atoms. The zero-order valence-electron chi connectivity index (χ0n) is 14.9. The van der Waals surface area contributed by atoms with Crippen LogP contribution in [0.3, 0.4) is 0 Å². The summed E-state index contributed by atoms with van der Waals surface area (Å²) in [5.41, 5.74) is 4.31. The van der Waals surface area contributed by atoms with E-state index in [1.165, 1.54) is 6.21 Å². The number of phenolic OH excluding ortho intramolecular Hbond substituents is 1. The zero-order valence-corrected chi connectivity index (χ0v) is 16.4. The van der Waals surface area contributed by atoms with E-state index >= 15 is 0 Å². The molecular formula is C21H14Cl2N4O2. The molecule has 0 aliphatic heterocycles. The number of nitrogens with one attached hydrogen (secondary N) is 2. The Bertz CT molecular complexity index is 1250. The van der Waals surface area contributed by atoms with Gasteiger partial charge in [-0.1, -0.05) is 53.5 Å². The van der Waals surface area contributed by atoms with Gasteiger partial charge in [-0.15, -0.1) is 0 Å². The minimum Gasteiger partial charge on any atom is -0.507 e. The van der Waals surface area contributed by atoms with E-state index in [2.05, 4.69) is 20.7 Å². The van der Waals surface area contributed by atoms with Crippen LogP contribution in [0.5, 0.6) is 5.75 Å². The van der Waals surface area contributed by atoms with Gasteiger partial charge >= 0.3 is 0 Å². The fourth-order valence-electron chi connectivity index (χ4n) is 2.91. The van der Waals surface area contributed by atoms with Crippen LogP contribution in [0.15, 0.2) is 65.8 Å². The third-order valence-corrected chi connectivity index (χ3v) is 4.88. The fourth-order valence-corrected chi connectivity index (χ4v) is 3.41. The number of phenols is 1. The van der Waals surface area contributed by atoms with Crippen molar-refractivity contribution in [2.75, 3.05) is 0 Å². The van der Waals surface area contributed by atoms with Crippen molar-refractivity contribution in [2.24, 2.45) is 5.10 Å². The fraction of sp³-hybridized carbons (Fsp3) is 0. The van der Waals surface area contributed by atoms with E-state index in [4.69, 9.17) is 23.2 Å². The first kappa shape index (κ1) is 19.0. The molecule has 0 radical (unpaired) electrons. The number of benzene rings is 3. The molecule has 144 valence electrons. The van der Waals surface area contributed by atoms with Crippen LogP contribution in [0.4, 0.5) is 0 Å².